The second kappa shape index (κ2) is 6.95. The summed E-state index contributed by atoms with van der Waals surface area (Å²) >= 11 is 3.48. The van der Waals surface area contributed by atoms with Gasteiger partial charge in [0.15, 0.2) is 0 Å². The van der Waals surface area contributed by atoms with Crippen LogP contribution in [0.5, 0.6) is 0 Å². The number of hydrogen-bond acceptors (Lipinski definition) is 2. The predicted molar refractivity (Wildman–Crippen MR) is 82.9 cm³/mol. The summed E-state index contributed by atoms with van der Waals surface area (Å²) in [5, 5.41) is 3.54. The first-order valence-electron chi connectivity index (χ1n) is 6.73. The van der Waals surface area contributed by atoms with E-state index in [4.69, 9.17) is 0 Å². The van der Waals surface area contributed by atoms with E-state index < -0.39 is 0 Å². The van der Waals surface area contributed by atoms with Crippen LogP contribution in [0.25, 0.3) is 0 Å². The van der Waals surface area contributed by atoms with E-state index in [2.05, 4.69) is 52.2 Å². The summed E-state index contributed by atoms with van der Waals surface area (Å²) in [7, 11) is 0. The standard InChI is InChI=1S/C16H18BrFN2/c1-3-15(16-8-7-14(18)10-19-16)20-11(2)12-5-4-6-13(17)9-12/h4-11,15,20H,3H2,1-2H3/t11-,15?/m1/s1. The molecule has 1 heterocycles. The molecule has 0 saturated heterocycles. The summed E-state index contributed by atoms with van der Waals surface area (Å²) < 4.78 is 14.0. The Labute approximate surface area is 127 Å². The topological polar surface area (TPSA) is 24.9 Å². The van der Waals surface area contributed by atoms with E-state index in [1.165, 1.54) is 17.8 Å². The predicted octanol–water partition coefficient (Wildman–Crippen LogP) is 4.79. The van der Waals surface area contributed by atoms with Crippen LogP contribution in [0.15, 0.2) is 47.1 Å². The number of pyridine rings is 1. The zero-order chi connectivity index (χ0) is 14.5. The highest BCUT2D eigenvalue weighted by Gasteiger charge is 2.15. The van der Waals surface area contributed by atoms with Gasteiger partial charge in [-0.15, -0.1) is 0 Å². The van der Waals surface area contributed by atoms with Crippen molar-refractivity contribution in [2.45, 2.75) is 32.4 Å². The molecular weight excluding hydrogens is 319 g/mol. The quantitative estimate of drug-likeness (QED) is 0.849. The zero-order valence-corrected chi connectivity index (χ0v) is 13.2. The van der Waals surface area contributed by atoms with Gasteiger partial charge in [0.2, 0.25) is 0 Å². The average molecular weight is 337 g/mol. The summed E-state index contributed by atoms with van der Waals surface area (Å²) in [5.74, 6) is -0.302. The molecule has 1 aromatic heterocycles. The van der Waals surface area contributed by atoms with Gasteiger partial charge in [0.1, 0.15) is 5.82 Å². The van der Waals surface area contributed by atoms with Gasteiger partial charge in [-0.3, -0.25) is 4.98 Å². The van der Waals surface area contributed by atoms with Crippen LogP contribution in [-0.4, -0.2) is 4.98 Å². The summed E-state index contributed by atoms with van der Waals surface area (Å²) in [5.41, 5.74) is 2.08. The number of nitrogens with one attached hydrogen (secondary N) is 1. The van der Waals surface area contributed by atoms with Gasteiger partial charge >= 0.3 is 0 Å². The second-order valence-electron chi connectivity index (χ2n) is 4.81. The van der Waals surface area contributed by atoms with Gasteiger partial charge in [-0.05, 0) is 43.2 Å². The molecule has 0 saturated carbocycles. The first kappa shape index (κ1) is 15.1. The number of nitrogens with zero attached hydrogens (tertiary/aromatic N) is 1. The molecule has 4 heteroatoms. The molecule has 20 heavy (non-hydrogen) atoms. The third kappa shape index (κ3) is 3.87. The van der Waals surface area contributed by atoms with Crippen LogP contribution in [0.2, 0.25) is 0 Å². The van der Waals surface area contributed by atoms with Gasteiger partial charge < -0.3 is 5.32 Å². The Hall–Kier alpha value is -1.26. The molecule has 0 bridgehead atoms. The average Bonchev–Trinajstić information content (AvgIpc) is 2.45. The van der Waals surface area contributed by atoms with Crippen LogP contribution < -0.4 is 5.32 Å². The van der Waals surface area contributed by atoms with Gasteiger partial charge in [-0.25, -0.2) is 4.39 Å². The van der Waals surface area contributed by atoms with Gasteiger partial charge in [-0.2, -0.15) is 0 Å². The Morgan fingerprint density at radius 1 is 1.30 bits per heavy atom. The number of benzene rings is 1. The van der Waals surface area contributed by atoms with Crippen molar-refractivity contribution in [1.29, 1.82) is 0 Å². The molecule has 2 aromatic rings. The number of halogens is 2. The van der Waals surface area contributed by atoms with Crippen molar-refractivity contribution >= 4 is 15.9 Å². The summed E-state index contributed by atoms with van der Waals surface area (Å²) in [6, 6.07) is 11.7. The lowest BCUT2D eigenvalue weighted by Crippen LogP contribution is -2.25. The molecule has 1 aromatic carbocycles. The lowest BCUT2D eigenvalue weighted by Gasteiger charge is -2.22. The van der Waals surface area contributed by atoms with Gasteiger partial charge in [0, 0.05) is 16.6 Å². The van der Waals surface area contributed by atoms with Crippen molar-refractivity contribution in [1.82, 2.24) is 10.3 Å². The second-order valence-corrected chi connectivity index (χ2v) is 5.72. The van der Waals surface area contributed by atoms with Crippen molar-refractivity contribution in [2.24, 2.45) is 0 Å². The molecule has 0 fully saturated rings. The largest absolute Gasteiger partial charge is 0.302 e. The van der Waals surface area contributed by atoms with E-state index in [0.717, 1.165) is 16.6 Å². The molecule has 0 aliphatic carbocycles. The Morgan fingerprint density at radius 2 is 2.10 bits per heavy atom. The molecule has 0 amide bonds. The van der Waals surface area contributed by atoms with Crippen molar-refractivity contribution in [3.8, 4) is 0 Å². The number of hydrogen-bond donors (Lipinski definition) is 1. The summed E-state index contributed by atoms with van der Waals surface area (Å²) in [4.78, 5) is 4.17. The fourth-order valence-electron chi connectivity index (χ4n) is 2.18. The van der Waals surface area contributed by atoms with Crippen LogP contribution >= 0.6 is 15.9 Å². The molecule has 2 rings (SSSR count). The zero-order valence-electron chi connectivity index (χ0n) is 11.6. The SMILES string of the molecule is CCC(N[C@H](C)c1cccc(Br)c1)c1ccc(F)cn1. The van der Waals surface area contributed by atoms with E-state index in [1.54, 1.807) is 6.07 Å². The van der Waals surface area contributed by atoms with Crippen LogP contribution in [-0.2, 0) is 0 Å². The van der Waals surface area contributed by atoms with Gasteiger partial charge in [0.25, 0.3) is 0 Å². The molecular formula is C16H18BrFN2. The summed E-state index contributed by atoms with van der Waals surface area (Å²) in [6.07, 6.45) is 2.17. The Kier molecular flexibility index (Phi) is 5.26. The molecule has 1 unspecified atom stereocenters. The van der Waals surface area contributed by atoms with Crippen LogP contribution in [0, 0.1) is 5.82 Å². The summed E-state index contributed by atoms with van der Waals surface area (Å²) in [6.45, 7) is 4.21. The van der Waals surface area contributed by atoms with Crippen molar-refractivity contribution in [3.05, 3.63) is 64.1 Å². The normalized spacial score (nSPS) is 14.0. The fourth-order valence-corrected chi connectivity index (χ4v) is 2.60. The highest BCUT2D eigenvalue weighted by atomic mass is 79.9. The third-order valence-corrected chi connectivity index (χ3v) is 3.81. The van der Waals surface area contributed by atoms with Crippen molar-refractivity contribution in [2.75, 3.05) is 0 Å². The first-order valence-corrected chi connectivity index (χ1v) is 7.52. The molecule has 0 aliphatic rings. The van der Waals surface area contributed by atoms with Crippen LogP contribution in [0.3, 0.4) is 0 Å². The molecule has 1 N–H and O–H groups in total. The number of rotatable bonds is 5. The lowest BCUT2D eigenvalue weighted by molar-refractivity contribution is 0.446. The molecule has 0 spiro atoms. The van der Waals surface area contributed by atoms with Crippen molar-refractivity contribution in [3.63, 3.8) is 0 Å². The Balaban J connectivity index is 2.11. The highest BCUT2D eigenvalue weighted by molar-refractivity contribution is 9.10. The minimum absolute atomic E-state index is 0.115. The van der Waals surface area contributed by atoms with Crippen molar-refractivity contribution < 1.29 is 4.39 Å². The maximum atomic E-state index is 12.9. The molecule has 106 valence electrons. The third-order valence-electron chi connectivity index (χ3n) is 3.32. The van der Waals surface area contributed by atoms with E-state index in [-0.39, 0.29) is 17.9 Å². The minimum atomic E-state index is -0.302. The molecule has 0 radical (unpaired) electrons. The molecule has 2 atom stereocenters. The monoisotopic (exact) mass is 336 g/mol. The fraction of sp³-hybridized carbons (Fsp3) is 0.312. The van der Waals surface area contributed by atoms with E-state index in [0.29, 0.717) is 0 Å². The Morgan fingerprint density at radius 3 is 2.70 bits per heavy atom. The first-order chi connectivity index (χ1) is 9.60. The van der Waals surface area contributed by atoms with Gasteiger partial charge in [-0.1, -0.05) is 35.0 Å². The van der Waals surface area contributed by atoms with E-state index in [1.807, 2.05) is 12.1 Å². The van der Waals surface area contributed by atoms with E-state index >= 15 is 0 Å². The van der Waals surface area contributed by atoms with Crippen LogP contribution in [0.1, 0.15) is 43.6 Å². The number of aromatic nitrogens is 1. The molecule has 0 aliphatic heterocycles. The lowest BCUT2D eigenvalue weighted by atomic mass is 10.0. The minimum Gasteiger partial charge on any atom is -0.302 e. The van der Waals surface area contributed by atoms with E-state index in [9.17, 15) is 4.39 Å². The highest BCUT2D eigenvalue weighted by Crippen LogP contribution is 2.23. The maximum absolute atomic E-state index is 12.9. The maximum Gasteiger partial charge on any atom is 0.141 e. The van der Waals surface area contributed by atoms with Crippen LogP contribution in [0.4, 0.5) is 4.39 Å². The smallest absolute Gasteiger partial charge is 0.141 e. The van der Waals surface area contributed by atoms with Gasteiger partial charge in [0.05, 0.1) is 11.9 Å². The Bertz CT molecular complexity index is 557. The molecule has 2 nitrogen and oxygen atoms in total.